The maximum absolute atomic E-state index is 11.9. The van der Waals surface area contributed by atoms with Crippen LogP contribution in [0.3, 0.4) is 0 Å². The van der Waals surface area contributed by atoms with E-state index in [2.05, 4.69) is 5.10 Å². The van der Waals surface area contributed by atoms with E-state index in [4.69, 9.17) is 53.3 Å². The van der Waals surface area contributed by atoms with Crippen LogP contribution in [0.25, 0.3) is 0 Å². The Morgan fingerprint density at radius 1 is 1.19 bits per heavy atom. The summed E-state index contributed by atoms with van der Waals surface area (Å²) in [7, 11) is 0. The third-order valence-electron chi connectivity index (χ3n) is 3.70. The average molecular weight is 541 g/mol. The number of benzene rings is 1. The molecular formula is C19H23Cl2N2O6PS2. The predicted octanol–water partition coefficient (Wildman–Crippen LogP) is 4.95. The Labute approximate surface area is 205 Å². The van der Waals surface area contributed by atoms with Crippen LogP contribution >= 0.6 is 41.7 Å². The summed E-state index contributed by atoms with van der Waals surface area (Å²) in [5, 5.41) is 3.79. The van der Waals surface area contributed by atoms with Crippen molar-refractivity contribution in [2.24, 2.45) is 0 Å². The van der Waals surface area contributed by atoms with E-state index in [9.17, 15) is 9.59 Å². The molecule has 1 heterocycles. The molecule has 0 aliphatic carbocycles. The first-order valence-electron chi connectivity index (χ1n) is 9.66. The summed E-state index contributed by atoms with van der Waals surface area (Å²) in [6.45, 7) is 1.96. The second-order valence-corrected chi connectivity index (χ2v) is 10.9. The molecule has 8 nitrogen and oxygen atoms in total. The predicted molar refractivity (Wildman–Crippen MR) is 129 cm³/mol. The number of esters is 1. The summed E-state index contributed by atoms with van der Waals surface area (Å²) in [5.41, 5.74) is -0.548. The van der Waals surface area contributed by atoms with Gasteiger partial charge in [-0.2, -0.15) is 5.10 Å². The fraction of sp³-hybridized carbons (Fsp3) is 0.421. The third kappa shape index (κ3) is 8.67. The molecule has 0 N–H and O–H groups in total. The number of aromatic nitrogens is 2. The fourth-order valence-electron chi connectivity index (χ4n) is 2.32. The van der Waals surface area contributed by atoms with Crippen molar-refractivity contribution < 1.29 is 23.1 Å². The number of hydrogen-bond donors (Lipinski definition) is 0. The molecule has 0 saturated heterocycles. The fourth-order valence-corrected chi connectivity index (χ4v) is 5.41. The van der Waals surface area contributed by atoms with E-state index in [1.807, 2.05) is 26.0 Å². The number of hydrogen-bond acceptors (Lipinski definition) is 9. The van der Waals surface area contributed by atoms with Crippen LogP contribution in [-0.2, 0) is 36.9 Å². The van der Waals surface area contributed by atoms with E-state index in [1.54, 1.807) is 12.1 Å². The van der Waals surface area contributed by atoms with Crippen LogP contribution in [0.4, 0.5) is 0 Å². The van der Waals surface area contributed by atoms with Crippen molar-refractivity contribution in [3.63, 3.8) is 0 Å². The van der Waals surface area contributed by atoms with Gasteiger partial charge in [-0.15, -0.1) is 11.8 Å². The summed E-state index contributed by atoms with van der Waals surface area (Å²) < 4.78 is 22.9. The molecule has 0 aliphatic rings. The van der Waals surface area contributed by atoms with E-state index in [1.165, 1.54) is 18.0 Å². The van der Waals surface area contributed by atoms with Gasteiger partial charge in [-0.3, -0.25) is 18.6 Å². The molecule has 32 heavy (non-hydrogen) atoms. The van der Waals surface area contributed by atoms with Crippen LogP contribution in [0.5, 0.6) is 5.75 Å². The van der Waals surface area contributed by atoms with Gasteiger partial charge in [-0.25, -0.2) is 4.68 Å². The minimum absolute atomic E-state index is 0.00678. The molecule has 0 radical (unpaired) electrons. The summed E-state index contributed by atoms with van der Waals surface area (Å²) in [4.78, 5) is 24.8. The quantitative estimate of drug-likeness (QED) is 0.151. The molecule has 0 aliphatic heterocycles. The molecule has 0 amide bonds. The molecule has 0 fully saturated rings. The Morgan fingerprint density at radius 2 is 1.84 bits per heavy atom. The lowest BCUT2D eigenvalue weighted by atomic mass is 10.3. The number of carbonyl (C=O) groups excluding carboxylic acids is 1. The van der Waals surface area contributed by atoms with Gasteiger partial charge in [0.05, 0.1) is 37.4 Å². The van der Waals surface area contributed by atoms with Gasteiger partial charge in [0, 0.05) is 22.5 Å². The summed E-state index contributed by atoms with van der Waals surface area (Å²) in [6.07, 6.45) is 1.25. The topological polar surface area (TPSA) is 88.9 Å². The minimum atomic E-state index is -2.80. The molecule has 0 bridgehead atoms. The van der Waals surface area contributed by atoms with E-state index in [-0.39, 0.29) is 29.6 Å². The van der Waals surface area contributed by atoms with Crippen LogP contribution < -0.4 is 10.1 Å². The number of thioether (sulfide) groups is 1. The molecular weight excluding hydrogens is 518 g/mol. The maximum Gasteiger partial charge on any atom is 0.380 e. The standard InChI is InChI=1S/C19H23Cl2N2O6PS2/c1-3-27-30(31,28-4-2)29-14-5-7-15(8-6-14)32-12-11-26-17(24)9-10-23-19(25)18(21)16(20)13-22-23/h5-8,13H,3-4,9-12H2,1-2H3. The van der Waals surface area contributed by atoms with Gasteiger partial charge in [-0.1, -0.05) is 23.2 Å². The number of aryl methyl sites for hydroxylation is 1. The first-order valence-corrected chi connectivity index (χ1v) is 14.0. The summed E-state index contributed by atoms with van der Waals surface area (Å²) in [6, 6.07) is 7.33. The second kappa shape index (κ2) is 13.5. The Hall–Kier alpha value is -1.13. The third-order valence-corrected chi connectivity index (χ3v) is 7.86. The zero-order valence-electron chi connectivity index (χ0n) is 17.5. The molecule has 1 aromatic heterocycles. The number of carbonyl (C=O) groups is 1. The largest absolute Gasteiger partial charge is 0.465 e. The lowest BCUT2D eigenvalue weighted by molar-refractivity contribution is -0.143. The first kappa shape index (κ1) is 27.1. The smallest absolute Gasteiger partial charge is 0.380 e. The number of halogens is 2. The Bertz CT molecular complexity index is 996. The molecule has 0 atom stereocenters. The number of rotatable bonds is 13. The monoisotopic (exact) mass is 540 g/mol. The molecule has 13 heteroatoms. The van der Waals surface area contributed by atoms with Crippen molar-refractivity contribution in [3.05, 3.63) is 50.9 Å². The molecule has 0 unspecified atom stereocenters. The van der Waals surface area contributed by atoms with Crippen molar-refractivity contribution in [2.75, 3.05) is 25.6 Å². The highest BCUT2D eigenvalue weighted by Crippen LogP contribution is 2.49. The lowest BCUT2D eigenvalue weighted by Crippen LogP contribution is -2.25. The van der Waals surface area contributed by atoms with Crippen molar-refractivity contribution >= 4 is 59.5 Å². The normalized spacial score (nSPS) is 11.4. The van der Waals surface area contributed by atoms with Crippen LogP contribution in [-0.4, -0.2) is 41.3 Å². The zero-order chi connectivity index (χ0) is 23.6. The molecule has 2 aromatic rings. The van der Waals surface area contributed by atoms with Crippen LogP contribution in [0.1, 0.15) is 20.3 Å². The van der Waals surface area contributed by atoms with Crippen molar-refractivity contribution in [1.82, 2.24) is 9.78 Å². The van der Waals surface area contributed by atoms with Gasteiger partial charge >= 0.3 is 12.7 Å². The Morgan fingerprint density at radius 3 is 2.47 bits per heavy atom. The van der Waals surface area contributed by atoms with Gasteiger partial charge in [0.15, 0.2) is 0 Å². The molecule has 176 valence electrons. The summed E-state index contributed by atoms with van der Waals surface area (Å²) >= 11 is 18.4. The van der Waals surface area contributed by atoms with Crippen molar-refractivity contribution in [2.45, 2.75) is 31.7 Å². The average Bonchev–Trinajstić information content (AvgIpc) is 2.76. The molecule has 0 spiro atoms. The Balaban J connectivity index is 1.73. The van der Waals surface area contributed by atoms with Crippen LogP contribution in [0, 0.1) is 0 Å². The van der Waals surface area contributed by atoms with Gasteiger partial charge in [0.1, 0.15) is 17.4 Å². The van der Waals surface area contributed by atoms with Gasteiger partial charge in [-0.05, 0) is 38.1 Å². The van der Waals surface area contributed by atoms with E-state index in [0.29, 0.717) is 24.7 Å². The van der Waals surface area contributed by atoms with E-state index < -0.39 is 18.2 Å². The molecule has 0 saturated carbocycles. The lowest BCUT2D eigenvalue weighted by Gasteiger charge is -2.21. The maximum atomic E-state index is 11.9. The molecule has 2 rings (SSSR count). The van der Waals surface area contributed by atoms with Crippen LogP contribution in [0.2, 0.25) is 10.0 Å². The van der Waals surface area contributed by atoms with E-state index >= 15 is 0 Å². The second-order valence-electron chi connectivity index (χ2n) is 6.00. The highest BCUT2D eigenvalue weighted by Gasteiger charge is 2.21. The van der Waals surface area contributed by atoms with Gasteiger partial charge in [0.25, 0.3) is 5.56 Å². The van der Waals surface area contributed by atoms with Gasteiger partial charge in [0.2, 0.25) is 0 Å². The van der Waals surface area contributed by atoms with Crippen molar-refractivity contribution in [1.29, 1.82) is 0 Å². The highest BCUT2D eigenvalue weighted by atomic mass is 35.5. The highest BCUT2D eigenvalue weighted by molar-refractivity contribution is 8.07. The van der Waals surface area contributed by atoms with E-state index in [0.717, 1.165) is 9.58 Å². The SMILES string of the molecule is CCOP(=S)(OCC)Oc1ccc(SCCOC(=O)CCn2ncc(Cl)c(Cl)c2=O)cc1. The zero-order valence-corrected chi connectivity index (χ0v) is 21.5. The molecule has 1 aromatic carbocycles. The first-order chi connectivity index (χ1) is 15.3. The Kier molecular flexibility index (Phi) is 11.5. The van der Waals surface area contributed by atoms with Crippen LogP contribution in [0.15, 0.2) is 40.2 Å². The van der Waals surface area contributed by atoms with Gasteiger partial charge < -0.3 is 9.26 Å². The summed E-state index contributed by atoms with van der Waals surface area (Å²) in [5.74, 6) is 0.691. The minimum Gasteiger partial charge on any atom is -0.465 e. The number of ether oxygens (including phenoxy) is 1. The number of nitrogens with zero attached hydrogens (tertiary/aromatic N) is 2. The van der Waals surface area contributed by atoms with Crippen molar-refractivity contribution in [3.8, 4) is 5.75 Å².